The van der Waals surface area contributed by atoms with Crippen molar-refractivity contribution in [1.82, 2.24) is 9.80 Å². The Labute approximate surface area is 275 Å². The molecule has 3 fully saturated rings. The summed E-state index contributed by atoms with van der Waals surface area (Å²) in [5.41, 5.74) is -1.12. The molecule has 0 N–H and O–H groups in total. The normalized spacial score (nSPS) is 23.4. The van der Waals surface area contributed by atoms with Crippen molar-refractivity contribution >= 4 is 42.2 Å². The molecule has 0 saturated carbocycles. The lowest BCUT2D eigenvalue weighted by atomic mass is 9.83. The molecule has 3 aliphatic rings. The zero-order valence-corrected chi connectivity index (χ0v) is 27.8. The number of carbonyl (C=O) groups is 2. The minimum atomic E-state index is -4.48. The number of anilines is 1. The number of carbonyl (C=O) groups excluding carboxylic acids is 2. The number of amides is 1. The number of hydrogen-bond donors (Lipinski definition) is 0. The molecule has 0 spiro atoms. The van der Waals surface area contributed by atoms with E-state index in [-0.39, 0.29) is 48.6 Å². The van der Waals surface area contributed by atoms with E-state index >= 15 is 4.39 Å². The highest BCUT2D eigenvalue weighted by atomic mass is 35.5. The summed E-state index contributed by atoms with van der Waals surface area (Å²) in [7, 11) is 1.57. The first-order chi connectivity index (χ1) is 20.2. The van der Waals surface area contributed by atoms with Gasteiger partial charge in [0.1, 0.15) is 11.5 Å². The van der Waals surface area contributed by atoms with Crippen LogP contribution in [-0.4, -0.2) is 79.1 Å². The van der Waals surface area contributed by atoms with E-state index in [2.05, 4.69) is 0 Å². The quantitative estimate of drug-likeness (QED) is 0.318. The summed E-state index contributed by atoms with van der Waals surface area (Å²) >= 11 is 0. The van der Waals surface area contributed by atoms with E-state index < -0.39 is 29.2 Å². The van der Waals surface area contributed by atoms with E-state index in [1.54, 1.807) is 30.2 Å². The highest BCUT2D eigenvalue weighted by Crippen LogP contribution is 2.45. The average molecular weight is 677 g/mol. The first-order valence-electron chi connectivity index (χ1n) is 15.1. The lowest BCUT2D eigenvalue weighted by Crippen LogP contribution is -2.53. The highest BCUT2D eigenvalue weighted by molar-refractivity contribution is 5.88. The predicted octanol–water partition coefficient (Wildman–Crippen LogP) is 7.04. The van der Waals surface area contributed by atoms with Gasteiger partial charge in [-0.3, -0.25) is 14.5 Å². The van der Waals surface area contributed by atoms with E-state index in [0.29, 0.717) is 69.8 Å². The molecule has 3 heterocycles. The van der Waals surface area contributed by atoms with Crippen LogP contribution in [0, 0.1) is 0 Å². The van der Waals surface area contributed by atoms with E-state index in [1.165, 1.54) is 6.07 Å². The van der Waals surface area contributed by atoms with Crippen molar-refractivity contribution in [3.05, 3.63) is 59.2 Å². The molecule has 250 valence electrons. The molecule has 3 aliphatic heterocycles. The summed E-state index contributed by atoms with van der Waals surface area (Å²) < 4.78 is 63.3. The van der Waals surface area contributed by atoms with Gasteiger partial charge in [0, 0.05) is 69.3 Å². The molecule has 0 bridgehead atoms. The molecule has 0 unspecified atom stereocenters. The van der Waals surface area contributed by atoms with E-state index in [9.17, 15) is 22.8 Å². The van der Waals surface area contributed by atoms with Gasteiger partial charge in [0.05, 0.1) is 12.7 Å². The number of piperidine rings is 2. The molecule has 45 heavy (non-hydrogen) atoms. The van der Waals surface area contributed by atoms with Gasteiger partial charge in [-0.05, 0) is 74.9 Å². The number of benzene rings is 2. The van der Waals surface area contributed by atoms with Crippen LogP contribution >= 0.6 is 24.8 Å². The zero-order valence-electron chi connectivity index (χ0n) is 26.2. The number of Topliss-reactive ketones (excluding diaryl/α,β-unsaturated/α-hetero) is 1. The minimum Gasteiger partial charge on any atom is -0.497 e. The lowest BCUT2D eigenvalue weighted by molar-refractivity contribution is -0.145. The fraction of sp³-hybridized carbons (Fsp3) is 0.576. The topological polar surface area (TPSA) is 53.1 Å². The van der Waals surface area contributed by atoms with Crippen molar-refractivity contribution in [1.29, 1.82) is 0 Å². The molecule has 2 atom stereocenters. The van der Waals surface area contributed by atoms with Crippen LogP contribution in [0.2, 0.25) is 0 Å². The van der Waals surface area contributed by atoms with Gasteiger partial charge in [-0.15, -0.1) is 24.8 Å². The maximum Gasteiger partial charge on any atom is 0.416 e. The Kier molecular flexibility index (Phi) is 11.5. The Morgan fingerprint density at radius 1 is 0.933 bits per heavy atom. The smallest absolute Gasteiger partial charge is 0.416 e. The second-order valence-electron chi connectivity index (χ2n) is 13.1. The van der Waals surface area contributed by atoms with Gasteiger partial charge in [0.15, 0.2) is 0 Å². The van der Waals surface area contributed by atoms with Crippen LogP contribution in [0.3, 0.4) is 0 Å². The van der Waals surface area contributed by atoms with Crippen LogP contribution < -0.4 is 9.64 Å². The van der Waals surface area contributed by atoms with Crippen molar-refractivity contribution in [3.63, 3.8) is 0 Å². The number of hydrogen-bond acceptors (Lipinski definition) is 5. The summed E-state index contributed by atoms with van der Waals surface area (Å²) in [6.45, 7) is 7.83. The number of rotatable bonds is 5. The number of ketones is 1. The molecular formula is C33H43Cl2F4N3O3. The van der Waals surface area contributed by atoms with E-state index in [0.717, 1.165) is 17.2 Å². The third-order valence-electron chi connectivity index (χ3n) is 9.44. The second-order valence-corrected chi connectivity index (χ2v) is 13.1. The molecule has 0 radical (unpaired) electrons. The fourth-order valence-corrected chi connectivity index (χ4v) is 6.74. The van der Waals surface area contributed by atoms with Crippen LogP contribution in [0.4, 0.5) is 23.2 Å². The van der Waals surface area contributed by atoms with Crippen LogP contribution in [0.15, 0.2) is 42.5 Å². The average Bonchev–Trinajstić information content (AvgIpc) is 3.36. The Balaban J connectivity index is 0.00000276. The van der Waals surface area contributed by atoms with Gasteiger partial charge >= 0.3 is 6.18 Å². The fourth-order valence-electron chi connectivity index (χ4n) is 6.74. The number of alkyl halides is 4. The third-order valence-corrected chi connectivity index (χ3v) is 9.44. The van der Waals surface area contributed by atoms with Crippen LogP contribution in [0.25, 0.3) is 0 Å². The summed E-state index contributed by atoms with van der Waals surface area (Å²) in [4.78, 5) is 31.3. The molecule has 0 aliphatic carbocycles. The van der Waals surface area contributed by atoms with Crippen molar-refractivity contribution in [2.24, 2.45) is 0 Å². The summed E-state index contributed by atoms with van der Waals surface area (Å²) in [6, 6.07) is 11.1. The minimum absolute atomic E-state index is 0. The molecular weight excluding hydrogens is 633 g/mol. The lowest BCUT2D eigenvalue weighted by Gasteiger charge is -2.39. The van der Waals surface area contributed by atoms with Gasteiger partial charge in [-0.2, -0.15) is 13.2 Å². The van der Waals surface area contributed by atoms with E-state index in [4.69, 9.17) is 4.74 Å². The van der Waals surface area contributed by atoms with Crippen molar-refractivity contribution in [2.45, 2.75) is 75.7 Å². The number of halogens is 6. The Hall–Kier alpha value is -2.56. The van der Waals surface area contributed by atoms with Crippen molar-refractivity contribution in [3.8, 4) is 5.75 Å². The third kappa shape index (κ3) is 7.71. The summed E-state index contributed by atoms with van der Waals surface area (Å²) in [6.07, 6.45) is -2.83. The van der Waals surface area contributed by atoms with Gasteiger partial charge in [0.2, 0.25) is 5.67 Å². The molecule has 6 nitrogen and oxygen atoms in total. The molecule has 3 saturated heterocycles. The maximum absolute atomic E-state index is 17.1. The Bertz CT molecular complexity index is 1330. The first kappa shape index (κ1) is 36.9. The number of nitrogens with zero attached hydrogens (tertiary/aromatic N) is 3. The molecule has 2 aromatic carbocycles. The Morgan fingerprint density at radius 2 is 1.53 bits per heavy atom. The van der Waals surface area contributed by atoms with Gasteiger partial charge < -0.3 is 14.5 Å². The highest BCUT2D eigenvalue weighted by Gasteiger charge is 2.57. The molecule has 1 amide bonds. The zero-order chi connectivity index (χ0) is 31.2. The number of likely N-dealkylation sites (tertiary alicyclic amines) is 2. The van der Waals surface area contributed by atoms with Gasteiger partial charge in [-0.25, -0.2) is 4.39 Å². The second kappa shape index (κ2) is 14.1. The number of ether oxygens (including phenoxy) is 1. The first-order valence-corrected chi connectivity index (χ1v) is 15.1. The molecule has 2 aromatic rings. The van der Waals surface area contributed by atoms with Crippen LogP contribution in [0.5, 0.6) is 5.75 Å². The largest absolute Gasteiger partial charge is 0.497 e. The monoisotopic (exact) mass is 675 g/mol. The standard InChI is InChI=1S/C33H41F4N3O3.2ClH/c1-31(2,3)40-20-28(23-5-8-26(43-4)9-6-23)32(34,21-40)30(42)39-15-11-22(12-16-39)27-10-7-24(33(35,36)37)19-29(27)38-17-13-25(41)14-18-38;;/h5-10,19,22,28H,11-18,20-21H2,1-4H3;2*1H/t28-,32-;;/m0../s1. The molecule has 5 rings (SSSR count). The van der Waals surface area contributed by atoms with Crippen molar-refractivity contribution < 1.29 is 31.9 Å². The van der Waals surface area contributed by atoms with Crippen molar-refractivity contribution in [2.75, 3.05) is 51.3 Å². The van der Waals surface area contributed by atoms with Gasteiger partial charge in [0.25, 0.3) is 5.91 Å². The SMILES string of the molecule is COc1ccc([C@@H]2CN(C(C)(C)C)C[C@@]2(F)C(=O)N2CCC(c3ccc(C(F)(F)F)cc3N3CCC(=O)CC3)CC2)cc1.Cl.Cl. The van der Waals surface area contributed by atoms with E-state index in [1.807, 2.05) is 42.7 Å². The molecule has 0 aromatic heterocycles. The maximum atomic E-state index is 17.1. The predicted molar refractivity (Wildman–Crippen MR) is 172 cm³/mol. The summed E-state index contributed by atoms with van der Waals surface area (Å²) in [5.74, 6) is -0.485. The Morgan fingerprint density at radius 3 is 2.07 bits per heavy atom. The number of methoxy groups -OCH3 is 1. The van der Waals surface area contributed by atoms with Crippen LogP contribution in [0.1, 0.15) is 75.0 Å². The molecule has 12 heteroatoms. The van der Waals surface area contributed by atoms with Gasteiger partial charge in [-0.1, -0.05) is 18.2 Å². The summed E-state index contributed by atoms with van der Waals surface area (Å²) in [5, 5.41) is 0. The van der Waals surface area contributed by atoms with Crippen LogP contribution in [-0.2, 0) is 15.8 Å².